The van der Waals surface area contributed by atoms with Gasteiger partial charge >= 0.3 is 17.9 Å². The second-order valence-electron chi connectivity index (χ2n) is 16.8. The van der Waals surface area contributed by atoms with Gasteiger partial charge in [-0.05, 0) is 77.0 Å². The lowest BCUT2D eigenvalue weighted by Crippen LogP contribution is -2.50. The molecule has 8 nitrogen and oxygen atoms in total. The first-order valence-corrected chi connectivity index (χ1v) is 24.5. The fraction of sp³-hybridized carbons (Fsp3) is 0.526. The number of allylic oxidation sites excluding steroid dienone is 24. The summed E-state index contributed by atoms with van der Waals surface area (Å²) < 4.78 is 17.3. The SMILES string of the molecule is CC/C=C/C=C/C=C/C=C/C=C/C=C/C=C/CCCCCC(=O)OCC(COCCC(C(=O)O)[N+](C)(C)C)OC(=O)CCCCCCCC/C=C/C/C=C/C/C=C/C/C=C/C/C=C/CC. The van der Waals surface area contributed by atoms with Crippen LogP contribution in [-0.4, -0.2) is 80.6 Å². The van der Waals surface area contributed by atoms with Crippen LogP contribution >= 0.6 is 0 Å². The minimum Gasteiger partial charge on any atom is -0.477 e. The molecule has 362 valence electrons. The third kappa shape index (κ3) is 44.2. The van der Waals surface area contributed by atoms with Crippen LogP contribution in [0.15, 0.2) is 146 Å². The highest BCUT2D eigenvalue weighted by atomic mass is 16.6. The van der Waals surface area contributed by atoms with Gasteiger partial charge in [0.05, 0.1) is 34.4 Å². The van der Waals surface area contributed by atoms with Crippen molar-refractivity contribution in [1.82, 2.24) is 0 Å². The first-order chi connectivity index (χ1) is 31.6. The van der Waals surface area contributed by atoms with Gasteiger partial charge in [0.2, 0.25) is 0 Å². The van der Waals surface area contributed by atoms with Crippen molar-refractivity contribution >= 4 is 17.9 Å². The molecule has 65 heavy (non-hydrogen) atoms. The molecule has 0 amide bonds. The van der Waals surface area contributed by atoms with Gasteiger partial charge in [-0.2, -0.15) is 0 Å². The number of nitrogens with zero attached hydrogens (tertiary/aromatic N) is 1. The Morgan fingerprint density at radius 3 is 1.40 bits per heavy atom. The number of esters is 2. The zero-order valence-corrected chi connectivity index (χ0v) is 41.1. The predicted octanol–water partition coefficient (Wildman–Crippen LogP) is 14.1. The van der Waals surface area contributed by atoms with E-state index in [0.29, 0.717) is 19.3 Å². The van der Waals surface area contributed by atoms with Crippen molar-refractivity contribution in [3.05, 3.63) is 146 Å². The molecule has 0 aliphatic heterocycles. The number of ether oxygens (including phenoxy) is 3. The van der Waals surface area contributed by atoms with E-state index in [1.807, 2.05) is 94.1 Å². The molecular formula is C57H88NO7+. The summed E-state index contributed by atoms with van der Waals surface area (Å²) in [7, 11) is 5.49. The third-order valence-corrected chi connectivity index (χ3v) is 9.93. The van der Waals surface area contributed by atoms with Crippen molar-refractivity contribution in [2.75, 3.05) is 41.0 Å². The van der Waals surface area contributed by atoms with E-state index in [2.05, 4.69) is 86.8 Å². The van der Waals surface area contributed by atoms with Gasteiger partial charge in [0.1, 0.15) is 6.61 Å². The number of rotatable bonds is 41. The van der Waals surface area contributed by atoms with Crippen molar-refractivity contribution in [2.45, 2.75) is 154 Å². The number of carbonyl (C=O) groups is 3. The molecule has 2 unspecified atom stereocenters. The second kappa shape index (κ2) is 45.8. The molecule has 0 aromatic carbocycles. The smallest absolute Gasteiger partial charge is 0.362 e. The molecule has 0 bridgehead atoms. The number of hydrogen-bond donors (Lipinski definition) is 1. The van der Waals surface area contributed by atoms with Crippen LogP contribution in [-0.2, 0) is 28.6 Å². The predicted molar refractivity (Wildman–Crippen MR) is 274 cm³/mol. The summed E-state index contributed by atoms with van der Waals surface area (Å²) in [5, 5.41) is 9.65. The number of carboxylic acid groups (broad SMARTS) is 1. The Balaban J connectivity index is 4.45. The van der Waals surface area contributed by atoms with E-state index in [-0.39, 0.29) is 42.7 Å². The standard InChI is InChI=1S/C57H87NO7/c1-6-8-10-12-14-16-18-20-22-24-26-27-28-30-32-34-36-38-40-42-44-46-48-56(60)65-53(51-63-50-49-54(57(61)62)58(3,4)5)52-64-55(59)47-45-43-41-39-37-35-33-31-29-25-23-21-19-17-15-13-11-9-7-2/h8-11,13-17,19-23,25-27,29-33,35,37,53-54H,6-7,12,18,24,28,34,36,38-52H2,1-5H3/p+1/b10-8+,11-9+,15-13+,16-14+,19-17+,22-20+,23-21+,27-26+,29-25+,32-30+,33-31+,37-35+. The summed E-state index contributed by atoms with van der Waals surface area (Å²) in [5.74, 6) is -1.57. The number of hydrogen-bond acceptors (Lipinski definition) is 6. The van der Waals surface area contributed by atoms with Gasteiger partial charge in [0.15, 0.2) is 12.1 Å². The van der Waals surface area contributed by atoms with Crippen molar-refractivity contribution < 1.29 is 38.2 Å². The number of carbonyl (C=O) groups excluding carboxylic acids is 2. The van der Waals surface area contributed by atoms with Gasteiger partial charge in [0.25, 0.3) is 0 Å². The molecule has 2 atom stereocenters. The molecule has 0 rings (SSSR count). The summed E-state index contributed by atoms with van der Waals surface area (Å²) in [6.45, 7) is 4.38. The maximum atomic E-state index is 12.8. The van der Waals surface area contributed by atoms with Crippen molar-refractivity contribution in [3.8, 4) is 0 Å². The highest BCUT2D eigenvalue weighted by Crippen LogP contribution is 2.13. The molecule has 0 saturated heterocycles. The van der Waals surface area contributed by atoms with Gasteiger partial charge in [-0.3, -0.25) is 9.59 Å². The van der Waals surface area contributed by atoms with Crippen LogP contribution in [0, 0.1) is 0 Å². The largest absolute Gasteiger partial charge is 0.477 e. The molecule has 0 aromatic heterocycles. The zero-order valence-electron chi connectivity index (χ0n) is 41.1. The van der Waals surface area contributed by atoms with Gasteiger partial charge in [0, 0.05) is 19.3 Å². The molecule has 0 aromatic rings. The topological polar surface area (TPSA) is 99.1 Å². The van der Waals surface area contributed by atoms with Gasteiger partial charge in [-0.15, -0.1) is 0 Å². The van der Waals surface area contributed by atoms with Gasteiger partial charge in [-0.25, -0.2) is 4.79 Å². The molecule has 1 N–H and O–H groups in total. The minimum atomic E-state index is -0.892. The van der Waals surface area contributed by atoms with E-state index in [4.69, 9.17) is 14.2 Å². The molecule has 0 aliphatic carbocycles. The summed E-state index contributed by atoms with van der Waals surface area (Å²) in [5.41, 5.74) is 0. The highest BCUT2D eigenvalue weighted by molar-refractivity contribution is 5.72. The van der Waals surface area contributed by atoms with E-state index in [0.717, 1.165) is 96.3 Å². The first kappa shape index (κ1) is 60.2. The highest BCUT2D eigenvalue weighted by Gasteiger charge is 2.31. The Morgan fingerprint density at radius 2 is 0.892 bits per heavy atom. The summed E-state index contributed by atoms with van der Waals surface area (Å²) in [6, 6.07) is -0.636. The van der Waals surface area contributed by atoms with E-state index < -0.39 is 18.1 Å². The Bertz CT molecular complexity index is 1560. The average Bonchev–Trinajstić information content (AvgIpc) is 3.27. The van der Waals surface area contributed by atoms with Crippen LogP contribution in [0.4, 0.5) is 0 Å². The lowest BCUT2D eigenvalue weighted by Gasteiger charge is -2.31. The number of aliphatic carboxylic acids is 1. The number of quaternary nitrogens is 1. The van der Waals surface area contributed by atoms with Crippen LogP contribution in [0.25, 0.3) is 0 Å². The van der Waals surface area contributed by atoms with Gasteiger partial charge < -0.3 is 23.8 Å². The van der Waals surface area contributed by atoms with Crippen molar-refractivity contribution in [1.29, 1.82) is 0 Å². The summed E-state index contributed by atoms with van der Waals surface area (Å²) >= 11 is 0. The van der Waals surface area contributed by atoms with E-state index in [1.54, 1.807) is 0 Å². The maximum absolute atomic E-state index is 12.8. The van der Waals surface area contributed by atoms with Crippen LogP contribution < -0.4 is 0 Å². The van der Waals surface area contributed by atoms with Crippen molar-refractivity contribution in [3.63, 3.8) is 0 Å². The quantitative estimate of drug-likeness (QED) is 0.0214. The lowest BCUT2D eigenvalue weighted by molar-refractivity contribution is -0.887. The monoisotopic (exact) mass is 899 g/mol. The molecule has 0 heterocycles. The Morgan fingerprint density at radius 1 is 0.477 bits per heavy atom. The first-order valence-electron chi connectivity index (χ1n) is 24.5. The van der Waals surface area contributed by atoms with Crippen molar-refractivity contribution in [2.24, 2.45) is 0 Å². The van der Waals surface area contributed by atoms with E-state index in [1.165, 1.54) is 6.42 Å². The normalized spacial score (nSPS) is 14.2. The molecule has 0 fully saturated rings. The minimum absolute atomic E-state index is 0.0280. The Hall–Kier alpha value is -4.79. The average molecular weight is 899 g/mol. The van der Waals surface area contributed by atoms with Crippen LogP contribution in [0.1, 0.15) is 142 Å². The fourth-order valence-electron chi connectivity index (χ4n) is 6.22. The van der Waals surface area contributed by atoms with Gasteiger partial charge in [-0.1, -0.05) is 192 Å². The van der Waals surface area contributed by atoms with E-state index in [9.17, 15) is 19.5 Å². The molecule has 0 saturated carbocycles. The summed E-state index contributed by atoms with van der Waals surface area (Å²) in [6.07, 6.45) is 67.4. The third-order valence-electron chi connectivity index (χ3n) is 9.93. The molecular weight excluding hydrogens is 811 g/mol. The van der Waals surface area contributed by atoms with Crippen LogP contribution in [0.3, 0.4) is 0 Å². The maximum Gasteiger partial charge on any atom is 0.362 e. The molecule has 0 spiro atoms. The van der Waals surface area contributed by atoms with Crippen LogP contribution in [0.2, 0.25) is 0 Å². The second-order valence-corrected chi connectivity index (χ2v) is 16.8. The molecule has 8 heteroatoms. The zero-order chi connectivity index (χ0) is 47.7. The summed E-state index contributed by atoms with van der Waals surface area (Å²) in [4.78, 5) is 37.1. The lowest BCUT2D eigenvalue weighted by atomic mass is 10.1. The number of carboxylic acids is 1. The fourth-order valence-corrected chi connectivity index (χ4v) is 6.22. The molecule has 0 aliphatic rings. The van der Waals surface area contributed by atoms with E-state index >= 15 is 0 Å². The number of unbranched alkanes of at least 4 members (excludes halogenated alkanes) is 9. The Labute approximate surface area is 395 Å². The molecule has 0 radical (unpaired) electrons. The number of likely N-dealkylation sites (N-methyl/N-ethyl adjacent to an activating group) is 1. The van der Waals surface area contributed by atoms with Crippen LogP contribution in [0.5, 0.6) is 0 Å². The Kier molecular flexibility index (Phi) is 42.4.